The van der Waals surface area contributed by atoms with Crippen LogP contribution in [0.25, 0.3) is 6.08 Å². The summed E-state index contributed by atoms with van der Waals surface area (Å²) in [7, 11) is 3.01. The van der Waals surface area contributed by atoms with Crippen LogP contribution in [-0.4, -0.2) is 32.8 Å². The molecule has 3 aromatic rings. The Morgan fingerprint density at radius 1 is 0.788 bits per heavy atom. The maximum absolute atomic E-state index is 13.2. The van der Waals surface area contributed by atoms with Crippen molar-refractivity contribution in [3.63, 3.8) is 0 Å². The summed E-state index contributed by atoms with van der Waals surface area (Å²) in [6, 6.07) is 19.1. The van der Waals surface area contributed by atoms with Gasteiger partial charge in [-0.1, -0.05) is 30.3 Å². The first kappa shape index (κ1) is 21.8. The standard InChI is InChI=1S/C25H22N2O6/c1-30-20-9-5-3-7-18(20)26-24(28)17(13-16-11-12-22-23(14-16)33-15-32-22)25(29)27-19-8-4-6-10-21(19)31-2/h3-14H,15H2,1-2H3,(H,26,28)(H,27,29). The average molecular weight is 446 g/mol. The lowest BCUT2D eigenvalue weighted by Crippen LogP contribution is -2.25. The van der Waals surface area contributed by atoms with E-state index in [1.54, 1.807) is 66.7 Å². The highest BCUT2D eigenvalue weighted by Gasteiger charge is 2.22. The van der Waals surface area contributed by atoms with E-state index in [1.807, 2.05) is 0 Å². The van der Waals surface area contributed by atoms with Gasteiger partial charge in [0.15, 0.2) is 11.5 Å². The molecule has 0 unspecified atom stereocenters. The Kier molecular flexibility index (Phi) is 6.45. The Morgan fingerprint density at radius 3 is 1.91 bits per heavy atom. The summed E-state index contributed by atoms with van der Waals surface area (Å²) in [5.41, 5.74) is 1.35. The fourth-order valence-electron chi connectivity index (χ4n) is 3.28. The van der Waals surface area contributed by atoms with Crippen LogP contribution in [0, 0.1) is 0 Å². The van der Waals surface area contributed by atoms with Crippen LogP contribution in [0.1, 0.15) is 5.56 Å². The van der Waals surface area contributed by atoms with E-state index in [0.29, 0.717) is 39.9 Å². The number of carbonyl (C=O) groups excluding carboxylic acids is 2. The molecule has 8 nitrogen and oxygen atoms in total. The van der Waals surface area contributed by atoms with Crippen molar-refractivity contribution < 1.29 is 28.5 Å². The van der Waals surface area contributed by atoms with Crippen LogP contribution < -0.4 is 29.6 Å². The van der Waals surface area contributed by atoms with Gasteiger partial charge in [-0.05, 0) is 48.0 Å². The number of hydrogen-bond acceptors (Lipinski definition) is 6. The monoisotopic (exact) mass is 446 g/mol. The zero-order chi connectivity index (χ0) is 23.2. The first-order valence-corrected chi connectivity index (χ1v) is 10.1. The van der Waals surface area contributed by atoms with Crippen molar-refractivity contribution in [2.24, 2.45) is 0 Å². The number of carbonyl (C=O) groups is 2. The molecule has 0 aliphatic carbocycles. The summed E-state index contributed by atoms with van der Waals surface area (Å²) in [4.78, 5) is 26.4. The molecule has 8 heteroatoms. The lowest BCUT2D eigenvalue weighted by atomic mass is 10.1. The molecule has 3 aromatic carbocycles. The summed E-state index contributed by atoms with van der Waals surface area (Å²) < 4.78 is 21.3. The second-order valence-corrected chi connectivity index (χ2v) is 6.98. The first-order valence-electron chi connectivity index (χ1n) is 10.1. The number of benzene rings is 3. The van der Waals surface area contributed by atoms with Crippen LogP contribution in [-0.2, 0) is 9.59 Å². The second kappa shape index (κ2) is 9.78. The van der Waals surface area contributed by atoms with Gasteiger partial charge in [0.25, 0.3) is 11.8 Å². The van der Waals surface area contributed by atoms with Crippen LogP contribution in [0.2, 0.25) is 0 Å². The lowest BCUT2D eigenvalue weighted by molar-refractivity contribution is -0.118. The third-order valence-electron chi connectivity index (χ3n) is 4.91. The predicted octanol–water partition coefficient (Wildman–Crippen LogP) is 4.09. The molecule has 0 atom stereocenters. The lowest BCUT2D eigenvalue weighted by Gasteiger charge is -2.14. The highest BCUT2D eigenvalue weighted by molar-refractivity contribution is 6.29. The molecule has 2 amide bonds. The highest BCUT2D eigenvalue weighted by atomic mass is 16.7. The normalized spacial score (nSPS) is 11.3. The molecule has 0 saturated heterocycles. The second-order valence-electron chi connectivity index (χ2n) is 6.98. The van der Waals surface area contributed by atoms with Crippen LogP contribution in [0.4, 0.5) is 11.4 Å². The fraction of sp³-hybridized carbons (Fsp3) is 0.120. The van der Waals surface area contributed by atoms with Gasteiger partial charge in [0.2, 0.25) is 6.79 Å². The number of amides is 2. The van der Waals surface area contributed by atoms with Gasteiger partial charge in [-0.3, -0.25) is 9.59 Å². The Balaban J connectivity index is 1.68. The number of nitrogens with one attached hydrogen (secondary N) is 2. The van der Waals surface area contributed by atoms with Crippen molar-refractivity contribution in [3.05, 3.63) is 77.9 Å². The number of para-hydroxylation sites is 4. The van der Waals surface area contributed by atoms with Gasteiger partial charge in [-0.15, -0.1) is 0 Å². The van der Waals surface area contributed by atoms with E-state index in [9.17, 15) is 9.59 Å². The van der Waals surface area contributed by atoms with Crippen LogP contribution in [0.3, 0.4) is 0 Å². The van der Waals surface area contributed by atoms with Crippen molar-refractivity contribution in [1.29, 1.82) is 0 Å². The largest absolute Gasteiger partial charge is 0.495 e. The van der Waals surface area contributed by atoms with Crippen molar-refractivity contribution in [3.8, 4) is 23.0 Å². The number of ether oxygens (including phenoxy) is 4. The first-order chi connectivity index (χ1) is 16.1. The predicted molar refractivity (Wildman–Crippen MR) is 124 cm³/mol. The van der Waals surface area contributed by atoms with E-state index in [4.69, 9.17) is 18.9 Å². The van der Waals surface area contributed by atoms with Crippen molar-refractivity contribution >= 4 is 29.3 Å². The Labute approximate surface area is 190 Å². The Hall–Kier alpha value is -4.46. The summed E-state index contributed by atoms with van der Waals surface area (Å²) in [5.74, 6) is 0.870. The van der Waals surface area contributed by atoms with Crippen molar-refractivity contribution in [2.75, 3.05) is 31.6 Å². The van der Waals surface area contributed by atoms with Gasteiger partial charge < -0.3 is 29.6 Å². The summed E-state index contributed by atoms with van der Waals surface area (Å²) in [5, 5.41) is 5.50. The molecule has 0 fully saturated rings. The molecule has 0 bridgehead atoms. The molecule has 1 aliphatic rings. The Bertz CT molecular complexity index is 1160. The minimum Gasteiger partial charge on any atom is -0.495 e. The molecule has 0 saturated carbocycles. The zero-order valence-corrected chi connectivity index (χ0v) is 18.1. The fourth-order valence-corrected chi connectivity index (χ4v) is 3.28. The number of anilines is 2. The molecule has 1 aliphatic heterocycles. The van der Waals surface area contributed by atoms with Gasteiger partial charge in [-0.2, -0.15) is 0 Å². The third kappa shape index (κ3) is 4.90. The molecule has 33 heavy (non-hydrogen) atoms. The van der Waals surface area contributed by atoms with Gasteiger partial charge in [0.05, 0.1) is 25.6 Å². The number of hydrogen-bond donors (Lipinski definition) is 2. The van der Waals surface area contributed by atoms with E-state index in [2.05, 4.69) is 10.6 Å². The topological polar surface area (TPSA) is 95.1 Å². The zero-order valence-electron chi connectivity index (χ0n) is 18.1. The van der Waals surface area contributed by atoms with E-state index >= 15 is 0 Å². The molecular formula is C25H22N2O6. The van der Waals surface area contributed by atoms with Gasteiger partial charge in [0, 0.05) is 0 Å². The average Bonchev–Trinajstić information content (AvgIpc) is 3.31. The molecule has 0 radical (unpaired) electrons. The molecule has 168 valence electrons. The maximum Gasteiger partial charge on any atom is 0.261 e. The molecule has 4 rings (SSSR count). The molecule has 2 N–H and O–H groups in total. The third-order valence-corrected chi connectivity index (χ3v) is 4.91. The van der Waals surface area contributed by atoms with Crippen LogP contribution in [0.5, 0.6) is 23.0 Å². The highest BCUT2D eigenvalue weighted by Crippen LogP contribution is 2.33. The quantitative estimate of drug-likeness (QED) is 0.322. The minimum absolute atomic E-state index is 0.120. The Morgan fingerprint density at radius 2 is 1.33 bits per heavy atom. The molecular weight excluding hydrogens is 424 g/mol. The number of fused-ring (bicyclic) bond motifs is 1. The summed E-state index contributed by atoms with van der Waals surface area (Å²) >= 11 is 0. The minimum atomic E-state index is -0.607. The van der Waals surface area contributed by atoms with Gasteiger partial charge in [-0.25, -0.2) is 0 Å². The smallest absolute Gasteiger partial charge is 0.261 e. The number of rotatable bonds is 7. The maximum atomic E-state index is 13.2. The van der Waals surface area contributed by atoms with E-state index in [0.717, 1.165) is 0 Å². The molecule has 0 spiro atoms. The van der Waals surface area contributed by atoms with Gasteiger partial charge >= 0.3 is 0 Å². The van der Waals surface area contributed by atoms with Crippen molar-refractivity contribution in [1.82, 2.24) is 0 Å². The van der Waals surface area contributed by atoms with E-state index < -0.39 is 11.8 Å². The van der Waals surface area contributed by atoms with Crippen LogP contribution >= 0.6 is 0 Å². The van der Waals surface area contributed by atoms with E-state index in [1.165, 1.54) is 20.3 Å². The summed E-state index contributed by atoms with van der Waals surface area (Å²) in [6.07, 6.45) is 1.48. The van der Waals surface area contributed by atoms with E-state index in [-0.39, 0.29) is 12.4 Å². The van der Waals surface area contributed by atoms with Crippen LogP contribution in [0.15, 0.2) is 72.3 Å². The number of methoxy groups -OCH3 is 2. The molecule has 1 heterocycles. The van der Waals surface area contributed by atoms with Gasteiger partial charge in [0.1, 0.15) is 17.1 Å². The summed E-state index contributed by atoms with van der Waals surface area (Å²) in [6.45, 7) is 0.123. The molecule has 0 aromatic heterocycles. The SMILES string of the molecule is COc1ccccc1NC(=O)C(=Cc1ccc2c(c1)OCO2)C(=O)Nc1ccccc1OC. The van der Waals surface area contributed by atoms with Crippen molar-refractivity contribution in [2.45, 2.75) is 0 Å².